The minimum absolute atomic E-state index is 0.0501. The Morgan fingerprint density at radius 3 is 2.65 bits per heavy atom. The molecule has 2 heterocycles. The molecule has 34 heavy (non-hydrogen) atoms. The van der Waals surface area contributed by atoms with E-state index in [1.165, 1.54) is 0 Å². The fraction of sp³-hybridized carbons (Fsp3) is 0.625. The van der Waals surface area contributed by atoms with Crippen LogP contribution in [0.1, 0.15) is 38.2 Å². The van der Waals surface area contributed by atoms with Gasteiger partial charge in [0.1, 0.15) is 6.04 Å². The highest BCUT2D eigenvalue weighted by Crippen LogP contribution is 2.33. The predicted octanol–water partition coefficient (Wildman–Crippen LogP) is 1.26. The molecule has 0 spiro atoms. The number of carbonyl (C=O) groups excluding carboxylic acids is 3. The molecule has 1 aromatic rings. The van der Waals surface area contributed by atoms with Crippen LogP contribution < -0.4 is 10.6 Å². The first-order valence-corrected chi connectivity index (χ1v) is 11.8. The number of ether oxygens (including phenoxy) is 1. The second-order valence-electron chi connectivity index (χ2n) is 9.08. The van der Waals surface area contributed by atoms with Crippen LogP contribution in [0.25, 0.3) is 0 Å². The lowest BCUT2D eigenvalue weighted by Crippen LogP contribution is -2.56. The highest BCUT2D eigenvalue weighted by atomic mass is 19.3. The van der Waals surface area contributed by atoms with Gasteiger partial charge in [0.2, 0.25) is 11.8 Å². The molecule has 4 atom stereocenters. The van der Waals surface area contributed by atoms with Gasteiger partial charge in [0, 0.05) is 32.6 Å². The van der Waals surface area contributed by atoms with Crippen LogP contribution in [0.5, 0.6) is 0 Å². The van der Waals surface area contributed by atoms with Crippen molar-refractivity contribution in [3.63, 3.8) is 0 Å². The van der Waals surface area contributed by atoms with E-state index in [-0.39, 0.29) is 24.7 Å². The van der Waals surface area contributed by atoms with Gasteiger partial charge in [-0.3, -0.25) is 14.4 Å². The number of halogens is 2. The van der Waals surface area contributed by atoms with Gasteiger partial charge >= 0.3 is 0 Å². The summed E-state index contributed by atoms with van der Waals surface area (Å²) in [5.74, 6) is -5.23. The Balaban J connectivity index is 1.75. The summed E-state index contributed by atoms with van der Waals surface area (Å²) in [6.07, 6.45) is -0.941. The van der Waals surface area contributed by atoms with Gasteiger partial charge < -0.3 is 25.4 Å². The molecule has 8 nitrogen and oxygen atoms in total. The molecule has 2 aliphatic heterocycles. The van der Waals surface area contributed by atoms with Crippen molar-refractivity contribution in [2.45, 2.75) is 63.1 Å². The molecule has 0 saturated carbocycles. The molecular formula is C24H33F2N3O5. The third-order valence-corrected chi connectivity index (χ3v) is 6.18. The Morgan fingerprint density at radius 2 is 2.00 bits per heavy atom. The second kappa shape index (κ2) is 11.7. The van der Waals surface area contributed by atoms with E-state index >= 15 is 0 Å². The van der Waals surface area contributed by atoms with Crippen molar-refractivity contribution in [3.05, 3.63) is 35.9 Å². The average molecular weight is 482 g/mol. The Morgan fingerprint density at radius 1 is 1.26 bits per heavy atom. The molecule has 0 radical (unpaired) electrons. The Kier molecular flexibility index (Phi) is 8.96. The normalized spacial score (nSPS) is 23.4. The lowest BCUT2D eigenvalue weighted by atomic mass is 9.98. The van der Waals surface area contributed by atoms with Crippen LogP contribution in [0, 0.1) is 5.92 Å². The predicted molar refractivity (Wildman–Crippen MR) is 120 cm³/mol. The summed E-state index contributed by atoms with van der Waals surface area (Å²) in [4.78, 5) is 39.0. The highest BCUT2D eigenvalue weighted by Gasteiger charge is 2.51. The van der Waals surface area contributed by atoms with Crippen LogP contribution in [-0.4, -0.2) is 78.1 Å². The van der Waals surface area contributed by atoms with Crippen LogP contribution >= 0.6 is 0 Å². The van der Waals surface area contributed by atoms with Gasteiger partial charge in [-0.25, -0.2) is 8.78 Å². The Labute approximate surface area is 198 Å². The zero-order chi connectivity index (χ0) is 24.7. The first-order chi connectivity index (χ1) is 16.2. The number of benzene rings is 1. The van der Waals surface area contributed by atoms with Crippen LogP contribution in [-0.2, 0) is 25.5 Å². The van der Waals surface area contributed by atoms with E-state index in [0.717, 1.165) is 16.9 Å². The number of nitrogens with one attached hydrogen (secondary N) is 2. The lowest BCUT2D eigenvalue weighted by Gasteiger charge is -2.30. The zero-order valence-corrected chi connectivity index (χ0v) is 19.3. The Hall–Kier alpha value is -2.59. The fourth-order valence-electron chi connectivity index (χ4n) is 4.37. The maximum atomic E-state index is 14.2. The number of hydrogen-bond donors (Lipinski definition) is 3. The van der Waals surface area contributed by atoms with Crippen molar-refractivity contribution >= 4 is 17.7 Å². The fourth-order valence-corrected chi connectivity index (χ4v) is 4.37. The number of rotatable bonds is 10. The van der Waals surface area contributed by atoms with Crippen molar-refractivity contribution in [1.29, 1.82) is 0 Å². The van der Waals surface area contributed by atoms with E-state index in [2.05, 4.69) is 10.6 Å². The van der Waals surface area contributed by atoms with Crippen molar-refractivity contribution in [1.82, 2.24) is 15.5 Å². The van der Waals surface area contributed by atoms with E-state index in [1.54, 1.807) is 24.3 Å². The number of aliphatic hydroxyl groups is 1. The maximum Gasteiger partial charge on any atom is 0.267 e. The quantitative estimate of drug-likeness (QED) is 0.467. The van der Waals surface area contributed by atoms with E-state index < -0.39 is 48.9 Å². The van der Waals surface area contributed by atoms with Crippen molar-refractivity contribution in [2.75, 3.05) is 26.3 Å². The summed E-state index contributed by atoms with van der Waals surface area (Å²) in [5, 5.41) is 16.2. The number of carbonyl (C=O) groups is 3. The molecule has 2 fully saturated rings. The van der Waals surface area contributed by atoms with Crippen LogP contribution in [0.3, 0.4) is 0 Å². The third kappa shape index (κ3) is 6.96. The van der Waals surface area contributed by atoms with Gasteiger partial charge in [-0.05, 0) is 30.7 Å². The maximum absolute atomic E-state index is 14.2. The number of amides is 3. The van der Waals surface area contributed by atoms with Gasteiger partial charge in [0.25, 0.3) is 11.8 Å². The monoisotopic (exact) mass is 481 g/mol. The number of likely N-dealkylation sites (tertiary alicyclic amines) is 1. The Bertz CT molecular complexity index is 848. The summed E-state index contributed by atoms with van der Waals surface area (Å²) in [5.41, 5.74) is 0.757. The molecule has 0 aromatic heterocycles. The lowest BCUT2D eigenvalue weighted by molar-refractivity contribution is -0.147. The number of alkyl halides is 2. The molecule has 3 rings (SSSR count). The average Bonchev–Trinajstić information content (AvgIpc) is 3.43. The summed E-state index contributed by atoms with van der Waals surface area (Å²) in [6, 6.07) is 6.52. The van der Waals surface area contributed by atoms with E-state index in [4.69, 9.17) is 4.74 Å². The number of nitrogens with zero attached hydrogens (tertiary/aromatic N) is 1. The zero-order valence-electron chi connectivity index (χ0n) is 19.3. The molecule has 0 unspecified atom stereocenters. The molecule has 1 aromatic carbocycles. The first-order valence-electron chi connectivity index (χ1n) is 11.8. The molecule has 2 aliphatic rings. The largest absolute Gasteiger partial charge is 0.381 e. The molecule has 2 saturated heterocycles. The smallest absolute Gasteiger partial charge is 0.267 e. The SMILES string of the molecule is CCCNC(=O)[C@@H]1CC(F)(F)CN1C(=O)[C@@H](O)[C@H](Cc1ccccc1)NC(=O)C[C@H]1CCOC1. The number of aliphatic hydroxyl groups excluding tert-OH is 1. The van der Waals surface area contributed by atoms with Crippen molar-refractivity contribution < 1.29 is 33.0 Å². The minimum atomic E-state index is -3.25. The molecule has 0 bridgehead atoms. The van der Waals surface area contributed by atoms with Gasteiger partial charge in [-0.15, -0.1) is 0 Å². The van der Waals surface area contributed by atoms with Crippen LogP contribution in [0.4, 0.5) is 8.78 Å². The van der Waals surface area contributed by atoms with Crippen LogP contribution in [0.2, 0.25) is 0 Å². The van der Waals surface area contributed by atoms with Gasteiger partial charge in [0.05, 0.1) is 12.6 Å². The van der Waals surface area contributed by atoms with E-state index in [9.17, 15) is 28.3 Å². The first kappa shape index (κ1) is 26.0. The topological polar surface area (TPSA) is 108 Å². The molecular weight excluding hydrogens is 448 g/mol. The molecule has 188 valence electrons. The molecule has 3 N–H and O–H groups in total. The molecule has 0 aliphatic carbocycles. The number of hydrogen-bond acceptors (Lipinski definition) is 5. The summed E-state index contributed by atoms with van der Waals surface area (Å²) >= 11 is 0. The minimum Gasteiger partial charge on any atom is -0.381 e. The second-order valence-corrected chi connectivity index (χ2v) is 9.08. The van der Waals surface area contributed by atoms with Gasteiger partial charge in [-0.1, -0.05) is 37.3 Å². The summed E-state index contributed by atoms with van der Waals surface area (Å²) in [7, 11) is 0. The molecule has 3 amide bonds. The van der Waals surface area contributed by atoms with Crippen molar-refractivity contribution in [3.8, 4) is 0 Å². The standard InChI is InChI=1S/C24H33F2N3O5/c1-2-9-27-22(32)19-13-24(25,26)15-29(19)23(33)21(31)18(11-16-6-4-3-5-7-16)28-20(30)12-17-8-10-34-14-17/h3-7,17-19,21,31H,2,8-15H2,1H3,(H,27,32)(H,28,30)/t17-,18+,19+,21+/m1/s1. The van der Waals surface area contributed by atoms with Crippen LogP contribution in [0.15, 0.2) is 30.3 Å². The molecule has 10 heteroatoms. The third-order valence-electron chi connectivity index (χ3n) is 6.18. The van der Waals surface area contributed by atoms with Gasteiger partial charge in [0.15, 0.2) is 6.10 Å². The van der Waals surface area contributed by atoms with Gasteiger partial charge in [-0.2, -0.15) is 0 Å². The highest BCUT2D eigenvalue weighted by molar-refractivity contribution is 5.91. The summed E-state index contributed by atoms with van der Waals surface area (Å²) in [6.45, 7) is 2.21. The van der Waals surface area contributed by atoms with Crippen molar-refractivity contribution in [2.24, 2.45) is 5.92 Å². The van der Waals surface area contributed by atoms with E-state index in [1.807, 2.05) is 13.0 Å². The summed E-state index contributed by atoms with van der Waals surface area (Å²) < 4.78 is 33.7. The van der Waals surface area contributed by atoms with E-state index in [0.29, 0.717) is 26.2 Å².